The van der Waals surface area contributed by atoms with Crippen LogP contribution < -0.4 is 4.72 Å². The molecule has 0 aliphatic carbocycles. The highest BCUT2D eigenvalue weighted by atomic mass is 35.5. The van der Waals surface area contributed by atoms with Gasteiger partial charge in [-0.1, -0.05) is 17.7 Å². The molecule has 0 atom stereocenters. The average molecular weight is 383 g/mol. The van der Waals surface area contributed by atoms with Crippen molar-refractivity contribution in [3.63, 3.8) is 0 Å². The SMILES string of the molecule is Cc1ccc(Cl)cc1S(=O)(=O)NCC1CCN(Cc2ccco2)CC1. The number of hydrogen-bond acceptors (Lipinski definition) is 4. The van der Waals surface area contributed by atoms with Crippen LogP contribution >= 0.6 is 11.6 Å². The second-order valence-corrected chi connectivity index (χ2v) is 8.73. The predicted octanol–water partition coefficient (Wildman–Crippen LogP) is 3.43. The van der Waals surface area contributed by atoms with Crippen molar-refractivity contribution in [2.24, 2.45) is 5.92 Å². The van der Waals surface area contributed by atoms with E-state index in [0.29, 0.717) is 23.0 Å². The van der Waals surface area contributed by atoms with Crippen LogP contribution in [-0.2, 0) is 16.6 Å². The van der Waals surface area contributed by atoms with Gasteiger partial charge in [0.15, 0.2) is 0 Å². The molecule has 1 aliphatic heterocycles. The van der Waals surface area contributed by atoms with Crippen LogP contribution in [0.3, 0.4) is 0 Å². The maximum atomic E-state index is 12.5. The Balaban J connectivity index is 1.51. The number of nitrogens with zero attached hydrogens (tertiary/aromatic N) is 1. The van der Waals surface area contributed by atoms with Crippen LogP contribution in [0.15, 0.2) is 45.9 Å². The Morgan fingerprint density at radius 1 is 1.28 bits per heavy atom. The smallest absolute Gasteiger partial charge is 0.240 e. The van der Waals surface area contributed by atoms with Crippen molar-refractivity contribution in [1.29, 1.82) is 0 Å². The zero-order valence-corrected chi connectivity index (χ0v) is 15.8. The van der Waals surface area contributed by atoms with Gasteiger partial charge in [0.2, 0.25) is 10.0 Å². The van der Waals surface area contributed by atoms with Gasteiger partial charge in [0.25, 0.3) is 0 Å². The molecule has 0 radical (unpaired) electrons. The Bertz CT molecular complexity index is 798. The van der Waals surface area contributed by atoms with Crippen molar-refractivity contribution in [2.45, 2.75) is 31.2 Å². The normalized spacial score (nSPS) is 17.0. The first-order chi connectivity index (χ1) is 11.9. The predicted molar refractivity (Wildman–Crippen MR) is 98.1 cm³/mol. The molecule has 0 amide bonds. The van der Waals surface area contributed by atoms with E-state index in [1.165, 1.54) is 6.07 Å². The fraction of sp³-hybridized carbons (Fsp3) is 0.444. The molecule has 136 valence electrons. The molecule has 0 spiro atoms. The molecule has 0 unspecified atom stereocenters. The summed E-state index contributed by atoms with van der Waals surface area (Å²) in [4.78, 5) is 2.60. The lowest BCUT2D eigenvalue weighted by Crippen LogP contribution is -2.38. The molecule has 1 aromatic carbocycles. The van der Waals surface area contributed by atoms with E-state index in [1.54, 1.807) is 25.3 Å². The monoisotopic (exact) mass is 382 g/mol. The van der Waals surface area contributed by atoms with Crippen molar-refractivity contribution >= 4 is 21.6 Å². The largest absolute Gasteiger partial charge is 0.468 e. The first-order valence-electron chi connectivity index (χ1n) is 8.44. The minimum Gasteiger partial charge on any atom is -0.468 e. The summed E-state index contributed by atoms with van der Waals surface area (Å²) in [6.07, 6.45) is 3.63. The van der Waals surface area contributed by atoms with Crippen molar-refractivity contribution in [3.8, 4) is 0 Å². The zero-order valence-electron chi connectivity index (χ0n) is 14.2. The van der Waals surface area contributed by atoms with Crippen LogP contribution in [0.1, 0.15) is 24.2 Å². The molecule has 1 saturated heterocycles. The van der Waals surface area contributed by atoms with E-state index >= 15 is 0 Å². The van der Waals surface area contributed by atoms with E-state index in [9.17, 15) is 8.42 Å². The standard InChI is InChI=1S/C18H23ClN2O3S/c1-14-4-5-16(19)11-18(14)25(22,23)20-12-15-6-8-21(9-7-15)13-17-3-2-10-24-17/h2-5,10-11,15,20H,6-9,12-13H2,1H3. The zero-order chi connectivity index (χ0) is 17.9. The number of rotatable bonds is 6. The minimum atomic E-state index is -3.53. The molecule has 5 nitrogen and oxygen atoms in total. The number of halogens is 1. The average Bonchev–Trinajstić information content (AvgIpc) is 3.09. The molecule has 7 heteroatoms. The Morgan fingerprint density at radius 3 is 2.72 bits per heavy atom. The van der Waals surface area contributed by atoms with E-state index in [1.807, 2.05) is 12.1 Å². The fourth-order valence-corrected chi connectivity index (χ4v) is 4.76. The number of benzene rings is 1. The van der Waals surface area contributed by atoms with E-state index in [0.717, 1.165) is 38.2 Å². The maximum absolute atomic E-state index is 12.5. The molecule has 1 aromatic heterocycles. The summed E-state index contributed by atoms with van der Waals surface area (Å²) in [5.74, 6) is 1.32. The Labute approximate surface area is 154 Å². The van der Waals surface area contributed by atoms with Crippen LogP contribution in [0, 0.1) is 12.8 Å². The minimum absolute atomic E-state index is 0.259. The number of piperidine rings is 1. The van der Waals surface area contributed by atoms with Gasteiger partial charge in [0.05, 0.1) is 17.7 Å². The molecular formula is C18H23ClN2O3S. The van der Waals surface area contributed by atoms with Gasteiger partial charge in [-0.15, -0.1) is 0 Å². The molecule has 25 heavy (non-hydrogen) atoms. The first kappa shape index (κ1) is 18.5. The molecule has 0 bridgehead atoms. The summed E-state index contributed by atoms with van der Waals surface area (Å²) < 4.78 is 33.2. The van der Waals surface area contributed by atoms with Crippen molar-refractivity contribution < 1.29 is 12.8 Å². The van der Waals surface area contributed by atoms with Gasteiger partial charge in [-0.2, -0.15) is 0 Å². The lowest BCUT2D eigenvalue weighted by atomic mass is 9.97. The van der Waals surface area contributed by atoms with Crippen molar-refractivity contribution in [2.75, 3.05) is 19.6 Å². The van der Waals surface area contributed by atoms with Crippen molar-refractivity contribution in [1.82, 2.24) is 9.62 Å². The topological polar surface area (TPSA) is 62.6 Å². The van der Waals surface area contributed by atoms with Gasteiger partial charge in [-0.3, -0.25) is 4.90 Å². The van der Waals surface area contributed by atoms with Crippen LogP contribution in [0.4, 0.5) is 0 Å². The van der Waals surface area contributed by atoms with Gasteiger partial charge in [0.1, 0.15) is 5.76 Å². The molecule has 2 aromatic rings. The number of aryl methyl sites for hydroxylation is 1. The summed E-state index contributed by atoms with van der Waals surface area (Å²) in [6, 6.07) is 8.81. The van der Waals surface area contributed by atoms with E-state index in [4.69, 9.17) is 16.0 Å². The van der Waals surface area contributed by atoms with Gasteiger partial charge >= 0.3 is 0 Å². The molecule has 3 rings (SSSR count). The van der Waals surface area contributed by atoms with Crippen LogP contribution in [0.25, 0.3) is 0 Å². The summed E-state index contributed by atoms with van der Waals surface area (Å²) >= 11 is 5.94. The summed E-state index contributed by atoms with van der Waals surface area (Å²) in [6.45, 7) is 4.95. The van der Waals surface area contributed by atoms with Gasteiger partial charge < -0.3 is 4.42 Å². The summed E-state index contributed by atoms with van der Waals surface area (Å²) in [5.41, 5.74) is 0.699. The highest BCUT2D eigenvalue weighted by Crippen LogP contribution is 2.22. The molecular weight excluding hydrogens is 360 g/mol. The summed E-state index contributed by atoms with van der Waals surface area (Å²) in [5, 5.41) is 0.428. The number of nitrogens with one attached hydrogen (secondary N) is 1. The molecule has 1 fully saturated rings. The Hall–Kier alpha value is -1.34. The molecule has 0 saturated carbocycles. The molecule has 2 heterocycles. The van der Waals surface area contributed by atoms with Gasteiger partial charge in [-0.25, -0.2) is 13.1 Å². The number of likely N-dealkylation sites (tertiary alicyclic amines) is 1. The second kappa shape index (κ2) is 7.91. The Morgan fingerprint density at radius 2 is 2.04 bits per heavy atom. The van der Waals surface area contributed by atoms with Crippen LogP contribution in [-0.4, -0.2) is 33.0 Å². The third-order valence-electron chi connectivity index (χ3n) is 4.67. The number of furan rings is 1. The molecule has 1 N–H and O–H groups in total. The van der Waals surface area contributed by atoms with Gasteiger partial charge in [-0.05, 0) is 68.6 Å². The lowest BCUT2D eigenvalue weighted by molar-refractivity contribution is 0.168. The Kier molecular flexibility index (Phi) is 5.84. The van der Waals surface area contributed by atoms with Crippen molar-refractivity contribution in [3.05, 3.63) is 52.9 Å². The van der Waals surface area contributed by atoms with Crippen LogP contribution in [0.5, 0.6) is 0 Å². The molecule has 1 aliphatic rings. The maximum Gasteiger partial charge on any atom is 0.240 e. The highest BCUT2D eigenvalue weighted by molar-refractivity contribution is 7.89. The number of hydrogen-bond donors (Lipinski definition) is 1. The van der Waals surface area contributed by atoms with E-state index in [2.05, 4.69) is 9.62 Å². The quantitative estimate of drug-likeness (QED) is 0.831. The van der Waals surface area contributed by atoms with Crippen LogP contribution in [0.2, 0.25) is 5.02 Å². The van der Waals surface area contributed by atoms with Gasteiger partial charge in [0, 0.05) is 11.6 Å². The second-order valence-electron chi connectivity index (χ2n) is 6.56. The third-order valence-corrected chi connectivity index (χ3v) is 6.47. The fourth-order valence-electron chi connectivity index (χ4n) is 3.14. The number of sulfonamides is 1. The lowest BCUT2D eigenvalue weighted by Gasteiger charge is -2.31. The first-order valence-corrected chi connectivity index (χ1v) is 10.3. The highest BCUT2D eigenvalue weighted by Gasteiger charge is 2.23. The van der Waals surface area contributed by atoms with E-state index in [-0.39, 0.29) is 4.90 Å². The summed E-state index contributed by atoms with van der Waals surface area (Å²) in [7, 11) is -3.53. The third kappa shape index (κ3) is 4.85. The van der Waals surface area contributed by atoms with E-state index < -0.39 is 10.0 Å².